The van der Waals surface area contributed by atoms with Crippen LogP contribution in [0.15, 0.2) is 18.2 Å². The van der Waals surface area contributed by atoms with Crippen LogP contribution in [0.1, 0.15) is 37.9 Å². The van der Waals surface area contributed by atoms with E-state index in [-0.39, 0.29) is 5.54 Å². The van der Waals surface area contributed by atoms with Gasteiger partial charge in [-0.1, -0.05) is 30.9 Å². The molecule has 3 nitrogen and oxygen atoms in total. The van der Waals surface area contributed by atoms with Gasteiger partial charge in [0, 0.05) is 12.1 Å². The zero-order valence-corrected chi connectivity index (χ0v) is 11.4. The van der Waals surface area contributed by atoms with E-state index in [9.17, 15) is 0 Å². The fraction of sp³-hybridized carbons (Fsp3) is 0.500. The van der Waals surface area contributed by atoms with Gasteiger partial charge in [-0.05, 0) is 31.0 Å². The summed E-state index contributed by atoms with van der Waals surface area (Å²) in [6.07, 6.45) is 5.73. The maximum absolute atomic E-state index is 6.57. The van der Waals surface area contributed by atoms with Crippen molar-refractivity contribution in [3.8, 4) is 0 Å². The first-order valence-corrected chi connectivity index (χ1v) is 6.89. The number of hydrogen-bond donors (Lipinski definition) is 1. The predicted octanol–water partition coefficient (Wildman–Crippen LogP) is 3.34. The maximum Gasteiger partial charge on any atom is 0.129 e. The molecular weight excluding hydrogens is 246 g/mol. The smallest absolute Gasteiger partial charge is 0.129 e. The van der Waals surface area contributed by atoms with Gasteiger partial charge in [0.2, 0.25) is 0 Å². The lowest BCUT2D eigenvalue weighted by molar-refractivity contribution is 0.282. The highest BCUT2D eigenvalue weighted by atomic mass is 35.5. The molecule has 0 amide bonds. The largest absolute Gasteiger partial charge is 0.330 e. The van der Waals surface area contributed by atoms with Crippen LogP contribution in [0.5, 0.6) is 0 Å². The van der Waals surface area contributed by atoms with Gasteiger partial charge in [0.05, 0.1) is 16.6 Å². The van der Waals surface area contributed by atoms with Gasteiger partial charge in [0.15, 0.2) is 0 Å². The molecule has 0 radical (unpaired) electrons. The minimum atomic E-state index is -0.265. The predicted molar refractivity (Wildman–Crippen MR) is 74.7 cm³/mol. The highest BCUT2D eigenvalue weighted by molar-refractivity contribution is 6.31. The van der Waals surface area contributed by atoms with Gasteiger partial charge in [0.25, 0.3) is 0 Å². The number of rotatable bonds is 1. The van der Waals surface area contributed by atoms with E-state index in [1.165, 1.54) is 19.3 Å². The molecule has 1 aliphatic rings. The standard InChI is InChI=1S/C14H18ClN3/c1-18-12-6-5-10(15)9-11(12)17-13(18)14(16)7-3-2-4-8-14/h5-6,9H,2-4,7-8,16H2,1H3. The van der Waals surface area contributed by atoms with Crippen LogP contribution in [-0.2, 0) is 12.6 Å². The second kappa shape index (κ2) is 4.25. The molecule has 0 spiro atoms. The maximum atomic E-state index is 6.57. The Morgan fingerprint density at radius 3 is 2.72 bits per heavy atom. The van der Waals surface area contributed by atoms with Gasteiger partial charge < -0.3 is 10.3 Å². The topological polar surface area (TPSA) is 43.8 Å². The Balaban J connectivity index is 2.14. The normalized spacial score (nSPS) is 19.3. The molecule has 1 fully saturated rings. The number of hydrogen-bond acceptors (Lipinski definition) is 2. The van der Waals surface area contributed by atoms with Crippen LogP contribution in [0, 0.1) is 0 Å². The van der Waals surface area contributed by atoms with Crippen LogP contribution in [-0.4, -0.2) is 9.55 Å². The number of benzene rings is 1. The first-order chi connectivity index (χ1) is 8.60. The minimum Gasteiger partial charge on any atom is -0.330 e. The SMILES string of the molecule is Cn1c(C2(N)CCCCC2)nc2cc(Cl)ccc21. The van der Waals surface area contributed by atoms with Crippen molar-refractivity contribution in [3.63, 3.8) is 0 Å². The molecule has 0 bridgehead atoms. The zero-order valence-electron chi connectivity index (χ0n) is 10.6. The van der Waals surface area contributed by atoms with Gasteiger partial charge in [-0.2, -0.15) is 0 Å². The third-order valence-corrected chi connectivity index (χ3v) is 4.27. The second-order valence-electron chi connectivity index (χ2n) is 5.34. The van der Waals surface area contributed by atoms with Crippen molar-refractivity contribution < 1.29 is 0 Å². The molecule has 1 aliphatic carbocycles. The van der Waals surface area contributed by atoms with Crippen LogP contribution < -0.4 is 5.73 Å². The van der Waals surface area contributed by atoms with E-state index in [0.717, 1.165) is 34.7 Å². The molecule has 3 rings (SSSR count). The number of imidazole rings is 1. The van der Waals surface area contributed by atoms with E-state index >= 15 is 0 Å². The van der Waals surface area contributed by atoms with Crippen molar-refractivity contribution in [2.45, 2.75) is 37.6 Å². The van der Waals surface area contributed by atoms with E-state index in [4.69, 9.17) is 22.3 Å². The molecule has 1 saturated carbocycles. The summed E-state index contributed by atoms with van der Waals surface area (Å²) in [6, 6.07) is 5.83. The summed E-state index contributed by atoms with van der Waals surface area (Å²) in [5.41, 5.74) is 8.34. The Bertz CT molecular complexity index is 582. The highest BCUT2D eigenvalue weighted by Gasteiger charge is 2.33. The zero-order chi connectivity index (χ0) is 12.8. The van der Waals surface area contributed by atoms with Crippen molar-refractivity contribution in [2.75, 3.05) is 0 Å². The van der Waals surface area contributed by atoms with Gasteiger partial charge in [0.1, 0.15) is 5.82 Å². The number of halogens is 1. The van der Waals surface area contributed by atoms with Crippen LogP contribution in [0.4, 0.5) is 0 Å². The van der Waals surface area contributed by atoms with Crippen molar-refractivity contribution in [1.82, 2.24) is 9.55 Å². The fourth-order valence-electron chi connectivity index (χ4n) is 3.02. The number of aryl methyl sites for hydroxylation is 1. The van der Waals surface area contributed by atoms with Gasteiger partial charge in [-0.3, -0.25) is 0 Å². The summed E-state index contributed by atoms with van der Waals surface area (Å²) in [6.45, 7) is 0. The quantitative estimate of drug-likeness (QED) is 0.858. The van der Waals surface area contributed by atoms with Crippen molar-refractivity contribution >= 4 is 22.6 Å². The highest BCUT2D eigenvalue weighted by Crippen LogP contribution is 2.35. The summed E-state index contributed by atoms with van der Waals surface area (Å²) in [5.74, 6) is 1.000. The van der Waals surface area contributed by atoms with E-state index in [1.54, 1.807) is 0 Å². The van der Waals surface area contributed by atoms with E-state index in [1.807, 2.05) is 25.2 Å². The van der Waals surface area contributed by atoms with Crippen LogP contribution in [0.3, 0.4) is 0 Å². The van der Waals surface area contributed by atoms with E-state index < -0.39 is 0 Å². The molecule has 4 heteroatoms. The molecule has 18 heavy (non-hydrogen) atoms. The number of fused-ring (bicyclic) bond motifs is 1. The minimum absolute atomic E-state index is 0.265. The molecule has 0 unspecified atom stereocenters. The molecule has 1 aromatic heterocycles. The summed E-state index contributed by atoms with van der Waals surface area (Å²) in [7, 11) is 2.04. The molecule has 96 valence electrons. The summed E-state index contributed by atoms with van der Waals surface area (Å²) in [5, 5.41) is 0.724. The Labute approximate surface area is 112 Å². The lowest BCUT2D eigenvalue weighted by Gasteiger charge is -2.32. The molecule has 2 N–H and O–H groups in total. The first kappa shape index (κ1) is 12.0. The Morgan fingerprint density at radius 1 is 1.28 bits per heavy atom. The van der Waals surface area contributed by atoms with Crippen molar-refractivity contribution in [3.05, 3.63) is 29.0 Å². The van der Waals surface area contributed by atoms with Gasteiger partial charge in [-0.25, -0.2) is 4.98 Å². The molecule has 1 heterocycles. The Morgan fingerprint density at radius 2 is 2.00 bits per heavy atom. The van der Waals surface area contributed by atoms with E-state index in [0.29, 0.717) is 0 Å². The van der Waals surface area contributed by atoms with Crippen molar-refractivity contribution in [2.24, 2.45) is 12.8 Å². The summed E-state index contributed by atoms with van der Waals surface area (Å²) < 4.78 is 2.12. The van der Waals surface area contributed by atoms with Crippen LogP contribution in [0.25, 0.3) is 11.0 Å². The Kier molecular flexibility index (Phi) is 2.83. The Hall–Kier alpha value is -1.06. The van der Waals surface area contributed by atoms with Gasteiger partial charge in [-0.15, -0.1) is 0 Å². The lowest BCUT2D eigenvalue weighted by atomic mass is 9.82. The average Bonchev–Trinajstić information content (AvgIpc) is 2.68. The van der Waals surface area contributed by atoms with Crippen molar-refractivity contribution in [1.29, 1.82) is 0 Å². The third-order valence-electron chi connectivity index (χ3n) is 4.03. The molecule has 0 saturated heterocycles. The summed E-state index contributed by atoms with van der Waals surface area (Å²) >= 11 is 6.02. The summed E-state index contributed by atoms with van der Waals surface area (Å²) in [4.78, 5) is 4.72. The van der Waals surface area contributed by atoms with Crippen LogP contribution in [0.2, 0.25) is 5.02 Å². The molecule has 1 aromatic carbocycles. The molecule has 0 aliphatic heterocycles. The fourth-order valence-corrected chi connectivity index (χ4v) is 3.19. The number of nitrogens with zero attached hydrogens (tertiary/aromatic N) is 2. The lowest BCUT2D eigenvalue weighted by Crippen LogP contribution is -2.41. The monoisotopic (exact) mass is 263 g/mol. The van der Waals surface area contributed by atoms with Gasteiger partial charge >= 0.3 is 0 Å². The third kappa shape index (κ3) is 1.82. The second-order valence-corrected chi connectivity index (χ2v) is 5.78. The van der Waals surface area contributed by atoms with E-state index in [2.05, 4.69) is 4.57 Å². The average molecular weight is 264 g/mol. The molecular formula is C14H18ClN3. The molecule has 2 aromatic rings. The first-order valence-electron chi connectivity index (χ1n) is 6.51. The molecule has 0 atom stereocenters. The number of aromatic nitrogens is 2. The van der Waals surface area contributed by atoms with Crippen LogP contribution >= 0.6 is 11.6 Å². The number of nitrogens with two attached hydrogens (primary N) is 1.